The molecule has 22 heavy (non-hydrogen) atoms. The lowest BCUT2D eigenvalue weighted by Crippen LogP contribution is -2.37. The van der Waals surface area contributed by atoms with E-state index in [2.05, 4.69) is 5.32 Å². The summed E-state index contributed by atoms with van der Waals surface area (Å²) in [4.78, 5) is 25.5. The third kappa shape index (κ3) is 3.44. The Hall–Kier alpha value is -2.82. The molecule has 2 N–H and O–H groups in total. The van der Waals surface area contributed by atoms with Gasteiger partial charge >= 0.3 is 11.8 Å². The fourth-order valence-corrected chi connectivity index (χ4v) is 2.07. The fourth-order valence-electron chi connectivity index (χ4n) is 2.07. The van der Waals surface area contributed by atoms with Gasteiger partial charge in [0.15, 0.2) is 0 Å². The average Bonchev–Trinajstić information content (AvgIpc) is 2.54. The number of anilines is 2. The van der Waals surface area contributed by atoms with Crippen molar-refractivity contribution in [2.24, 2.45) is 0 Å². The van der Waals surface area contributed by atoms with Gasteiger partial charge in [0.1, 0.15) is 5.75 Å². The molecule has 0 saturated heterocycles. The predicted molar refractivity (Wildman–Crippen MR) is 86.0 cm³/mol. The van der Waals surface area contributed by atoms with Crippen molar-refractivity contribution in [1.29, 1.82) is 0 Å². The number of hydrogen-bond donors (Lipinski definition) is 2. The molecular weight excluding hydrogens is 280 g/mol. The number of aromatic hydroxyl groups is 1. The molecule has 0 aliphatic carbocycles. The summed E-state index contributed by atoms with van der Waals surface area (Å²) < 4.78 is 0. The molecule has 0 heterocycles. The van der Waals surface area contributed by atoms with Crippen LogP contribution in [0.15, 0.2) is 48.5 Å². The quantitative estimate of drug-likeness (QED) is 0.856. The van der Waals surface area contributed by atoms with E-state index in [0.717, 1.165) is 12.0 Å². The topological polar surface area (TPSA) is 69.6 Å². The van der Waals surface area contributed by atoms with Gasteiger partial charge in [0.25, 0.3) is 0 Å². The Morgan fingerprint density at radius 1 is 1.09 bits per heavy atom. The minimum absolute atomic E-state index is 0.103. The second-order valence-corrected chi connectivity index (χ2v) is 4.85. The largest absolute Gasteiger partial charge is 0.508 e. The van der Waals surface area contributed by atoms with Gasteiger partial charge in [-0.25, -0.2) is 0 Å². The molecule has 0 fully saturated rings. The second-order valence-electron chi connectivity index (χ2n) is 4.85. The highest BCUT2D eigenvalue weighted by Gasteiger charge is 2.20. The summed E-state index contributed by atoms with van der Waals surface area (Å²) in [6.45, 7) is 1.98. The lowest BCUT2D eigenvalue weighted by molar-refractivity contribution is -0.134. The minimum Gasteiger partial charge on any atom is -0.508 e. The van der Waals surface area contributed by atoms with Crippen LogP contribution in [0.5, 0.6) is 5.75 Å². The van der Waals surface area contributed by atoms with Gasteiger partial charge in [-0.1, -0.05) is 25.1 Å². The van der Waals surface area contributed by atoms with Gasteiger partial charge in [0, 0.05) is 18.4 Å². The number of carbonyl (C=O) groups excluding carboxylic acids is 2. The first-order valence-corrected chi connectivity index (χ1v) is 6.99. The van der Waals surface area contributed by atoms with Crippen LogP contribution in [0.1, 0.15) is 12.5 Å². The monoisotopic (exact) mass is 298 g/mol. The van der Waals surface area contributed by atoms with E-state index in [4.69, 9.17) is 0 Å². The summed E-state index contributed by atoms with van der Waals surface area (Å²) in [5, 5.41) is 11.9. The molecule has 114 valence electrons. The number of nitrogens with zero attached hydrogens (tertiary/aromatic N) is 1. The van der Waals surface area contributed by atoms with Crippen LogP contribution in [0.2, 0.25) is 0 Å². The van der Waals surface area contributed by atoms with Crippen LogP contribution in [0.4, 0.5) is 11.4 Å². The number of amides is 2. The standard InChI is InChI=1S/C17H18N2O3/c1-3-12-6-4-5-7-15(12)18-16(21)17(22)19(2)13-8-10-14(20)11-9-13/h4-11,20H,3H2,1-2H3,(H,18,21). The van der Waals surface area contributed by atoms with E-state index in [0.29, 0.717) is 11.4 Å². The van der Waals surface area contributed by atoms with Crippen molar-refractivity contribution < 1.29 is 14.7 Å². The molecule has 0 atom stereocenters. The summed E-state index contributed by atoms with van der Waals surface area (Å²) in [5.74, 6) is -1.26. The van der Waals surface area contributed by atoms with E-state index >= 15 is 0 Å². The first kappa shape index (κ1) is 15.6. The molecule has 0 spiro atoms. The average molecular weight is 298 g/mol. The van der Waals surface area contributed by atoms with Crippen LogP contribution >= 0.6 is 0 Å². The van der Waals surface area contributed by atoms with Gasteiger partial charge < -0.3 is 15.3 Å². The highest BCUT2D eigenvalue weighted by Crippen LogP contribution is 2.19. The van der Waals surface area contributed by atoms with Crippen LogP contribution in [-0.2, 0) is 16.0 Å². The van der Waals surface area contributed by atoms with Crippen molar-refractivity contribution in [2.75, 3.05) is 17.3 Å². The molecule has 0 unspecified atom stereocenters. The molecule has 2 rings (SSSR count). The highest BCUT2D eigenvalue weighted by atomic mass is 16.3. The van der Waals surface area contributed by atoms with Crippen LogP contribution in [0.3, 0.4) is 0 Å². The Balaban J connectivity index is 2.12. The number of benzene rings is 2. The maximum absolute atomic E-state index is 12.2. The first-order chi connectivity index (χ1) is 10.5. The third-order valence-electron chi connectivity index (χ3n) is 3.38. The maximum Gasteiger partial charge on any atom is 0.316 e. The van der Waals surface area contributed by atoms with Crippen LogP contribution in [0, 0.1) is 0 Å². The summed E-state index contributed by atoms with van der Waals surface area (Å²) in [6.07, 6.45) is 0.762. The Labute approximate surface area is 129 Å². The molecule has 0 bridgehead atoms. The van der Waals surface area contributed by atoms with Crippen molar-refractivity contribution in [1.82, 2.24) is 0 Å². The summed E-state index contributed by atoms with van der Waals surface area (Å²) in [7, 11) is 1.51. The van der Waals surface area contributed by atoms with Gasteiger partial charge in [-0.3, -0.25) is 9.59 Å². The number of nitrogens with one attached hydrogen (secondary N) is 1. The zero-order valence-electron chi connectivity index (χ0n) is 12.5. The molecule has 2 amide bonds. The Morgan fingerprint density at radius 2 is 1.73 bits per heavy atom. The Kier molecular flexibility index (Phi) is 4.78. The number of phenolic OH excluding ortho intramolecular Hbond substituents is 1. The summed E-state index contributed by atoms with van der Waals surface area (Å²) in [5.41, 5.74) is 2.14. The summed E-state index contributed by atoms with van der Waals surface area (Å²) in [6, 6.07) is 13.4. The molecule has 0 aliphatic rings. The molecule has 0 radical (unpaired) electrons. The van der Waals surface area contributed by atoms with Gasteiger partial charge in [-0.05, 0) is 42.3 Å². The second kappa shape index (κ2) is 6.76. The number of phenols is 1. The van der Waals surface area contributed by atoms with E-state index in [1.807, 2.05) is 25.1 Å². The number of carbonyl (C=O) groups is 2. The highest BCUT2D eigenvalue weighted by molar-refractivity contribution is 6.44. The van der Waals surface area contributed by atoms with Crippen molar-refractivity contribution >= 4 is 23.2 Å². The summed E-state index contributed by atoms with van der Waals surface area (Å²) >= 11 is 0. The van der Waals surface area contributed by atoms with Gasteiger partial charge in [-0.15, -0.1) is 0 Å². The van der Waals surface area contributed by atoms with Gasteiger partial charge in [-0.2, -0.15) is 0 Å². The van der Waals surface area contributed by atoms with Crippen molar-refractivity contribution in [3.05, 3.63) is 54.1 Å². The number of para-hydroxylation sites is 1. The smallest absolute Gasteiger partial charge is 0.316 e. The van der Waals surface area contributed by atoms with Crippen LogP contribution in [-0.4, -0.2) is 24.0 Å². The lowest BCUT2D eigenvalue weighted by atomic mass is 10.1. The van der Waals surface area contributed by atoms with Crippen molar-refractivity contribution in [3.8, 4) is 5.75 Å². The minimum atomic E-state index is -0.698. The van der Waals surface area contributed by atoms with Crippen LogP contribution in [0.25, 0.3) is 0 Å². The molecular formula is C17H18N2O3. The van der Waals surface area contributed by atoms with E-state index < -0.39 is 11.8 Å². The van der Waals surface area contributed by atoms with E-state index in [1.54, 1.807) is 18.2 Å². The van der Waals surface area contributed by atoms with Gasteiger partial charge in [0.2, 0.25) is 0 Å². The molecule has 2 aromatic rings. The van der Waals surface area contributed by atoms with E-state index in [-0.39, 0.29) is 5.75 Å². The van der Waals surface area contributed by atoms with E-state index in [9.17, 15) is 14.7 Å². The lowest BCUT2D eigenvalue weighted by Gasteiger charge is -2.17. The normalized spacial score (nSPS) is 10.1. The van der Waals surface area contributed by atoms with E-state index in [1.165, 1.54) is 24.1 Å². The Bertz CT molecular complexity index is 681. The van der Waals surface area contributed by atoms with Crippen LogP contribution < -0.4 is 10.2 Å². The number of aryl methyl sites for hydroxylation is 1. The zero-order valence-corrected chi connectivity index (χ0v) is 12.5. The first-order valence-electron chi connectivity index (χ1n) is 6.99. The van der Waals surface area contributed by atoms with Crippen molar-refractivity contribution in [3.63, 3.8) is 0 Å². The molecule has 5 heteroatoms. The number of likely N-dealkylation sites (N-methyl/N-ethyl adjacent to an activating group) is 1. The zero-order chi connectivity index (χ0) is 16.1. The maximum atomic E-state index is 12.2. The molecule has 5 nitrogen and oxygen atoms in total. The van der Waals surface area contributed by atoms with Gasteiger partial charge in [0.05, 0.1) is 0 Å². The Morgan fingerprint density at radius 3 is 2.36 bits per heavy atom. The predicted octanol–water partition coefficient (Wildman–Crippen LogP) is 2.56. The molecule has 0 aliphatic heterocycles. The SMILES string of the molecule is CCc1ccccc1NC(=O)C(=O)N(C)c1ccc(O)cc1. The number of hydrogen-bond acceptors (Lipinski definition) is 3. The molecule has 0 saturated carbocycles. The third-order valence-corrected chi connectivity index (χ3v) is 3.38. The number of rotatable bonds is 3. The molecule has 2 aromatic carbocycles. The fraction of sp³-hybridized carbons (Fsp3) is 0.176. The van der Waals surface area contributed by atoms with Crippen molar-refractivity contribution in [2.45, 2.75) is 13.3 Å². The molecule has 0 aromatic heterocycles.